The number of hydrogen-bond acceptors (Lipinski definition) is 3. The van der Waals surface area contributed by atoms with Crippen molar-refractivity contribution >= 4 is 11.4 Å². The summed E-state index contributed by atoms with van der Waals surface area (Å²) in [7, 11) is 0. The maximum absolute atomic E-state index is 9.45. The minimum Gasteiger partial charge on any atom is -0.397 e. The van der Waals surface area contributed by atoms with Crippen molar-refractivity contribution in [1.29, 1.82) is 0 Å². The predicted molar refractivity (Wildman–Crippen MR) is 67.5 cm³/mol. The van der Waals surface area contributed by atoms with E-state index in [1.54, 1.807) is 0 Å². The molecule has 1 aromatic rings. The molecule has 0 bridgehead atoms. The summed E-state index contributed by atoms with van der Waals surface area (Å²) in [5.74, 6) is 0. The first-order valence-corrected chi connectivity index (χ1v) is 5.96. The molecule has 0 spiro atoms. The second-order valence-corrected chi connectivity index (χ2v) is 4.69. The third-order valence-electron chi connectivity index (χ3n) is 3.35. The van der Waals surface area contributed by atoms with Gasteiger partial charge in [0.25, 0.3) is 0 Å². The summed E-state index contributed by atoms with van der Waals surface area (Å²) in [4.78, 5) is 0. The topological polar surface area (TPSA) is 58.3 Å². The predicted octanol–water partition coefficient (Wildman–Crippen LogP) is 2.29. The Bertz CT molecular complexity index is 337. The number of para-hydroxylation sites is 1. The van der Waals surface area contributed by atoms with Gasteiger partial charge in [0.05, 0.1) is 17.5 Å². The summed E-state index contributed by atoms with van der Waals surface area (Å²) < 4.78 is 0. The van der Waals surface area contributed by atoms with E-state index >= 15 is 0 Å². The number of hydrogen-bond donors (Lipinski definition) is 3. The molecule has 4 N–H and O–H groups in total. The lowest BCUT2D eigenvalue weighted by Gasteiger charge is -2.28. The highest BCUT2D eigenvalue weighted by molar-refractivity contribution is 5.70. The van der Waals surface area contributed by atoms with Crippen LogP contribution in [0.15, 0.2) is 18.2 Å². The molecule has 0 radical (unpaired) electrons. The van der Waals surface area contributed by atoms with Crippen LogP contribution in [0.2, 0.25) is 0 Å². The minimum atomic E-state index is -0.104. The van der Waals surface area contributed by atoms with Gasteiger partial charge in [-0.2, -0.15) is 0 Å². The molecule has 3 nitrogen and oxygen atoms in total. The van der Waals surface area contributed by atoms with Crippen molar-refractivity contribution in [3.8, 4) is 0 Å². The summed E-state index contributed by atoms with van der Waals surface area (Å²) >= 11 is 0. The van der Waals surface area contributed by atoms with Crippen LogP contribution < -0.4 is 11.1 Å². The highest BCUT2D eigenvalue weighted by Crippen LogP contribution is 2.27. The van der Waals surface area contributed by atoms with Crippen molar-refractivity contribution in [2.75, 3.05) is 11.1 Å². The van der Waals surface area contributed by atoms with Crippen LogP contribution in [0.1, 0.15) is 31.2 Å². The fraction of sp³-hybridized carbons (Fsp3) is 0.538. The van der Waals surface area contributed by atoms with Crippen LogP contribution in [0, 0.1) is 6.92 Å². The number of nitrogens with two attached hydrogens (primary N) is 1. The Morgan fingerprint density at radius 3 is 2.56 bits per heavy atom. The first kappa shape index (κ1) is 11.3. The molecule has 88 valence electrons. The van der Waals surface area contributed by atoms with E-state index in [0.717, 1.165) is 37.1 Å². The van der Waals surface area contributed by atoms with E-state index in [1.165, 1.54) is 5.56 Å². The molecule has 1 saturated carbocycles. The van der Waals surface area contributed by atoms with E-state index in [4.69, 9.17) is 5.73 Å². The van der Waals surface area contributed by atoms with E-state index in [-0.39, 0.29) is 6.10 Å². The van der Waals surface area contributed by atoms with Crippen LogP contribution in [-0.2, 0) is 0 Å². The number of nitrogen functional groups attached to an aromatic ring is 1. The SMILES string of the molecule is Cc1cccc(N)c1N[C@H]1CC[C@H](O)CC1. The molecular weight excluding hydrogens is 200 g/mol. The summed E-state index contributed by atoms with van der Waals surface area (Å²) in [5.41, 5.74) is 9.01. The highest BCUT2D eigenvalue weighted by atomic mass is 16.3. The fourth-order valence-corrected chi connectivity index (χ4v) is 2.31. The van der Waals surface area contributed by atoms with E-state index < -0.39 is 0 Å². The van der Waals surface area contributed by atoms with Crippen LogP contribution in [-0.4, -0.2) is 17.3 Å². The summed E-state index contributed by atoms with van der Waals surface area (Å²) in [6.07, 6.45) is 3.73. The molecule has 0 aromatic heterocycles. The first-order chi connectivity index (χ1) is 7.66. The Morgan fingerprint density at radius 1 is 1.25 bits per heavy atom. The van der Waals surface area contributed by atoms with Crippen LogP contribution in [0.25, 0.3) is 0 Å². The Morgan fingerprint density at radius 2 is 1.94 bits per heavy atom. The van der Waals surface area contributed by atoms with Crippen molar-refractivity contribution in [3.63, 3.8) is 0 Å². The molecule has 0 amide bonds. The first-order valence-electron chi connectivity index (χ1n) is 5.96. The molecule has 2 rings (SSSR count). The van der Waals surface area contributed by atoms with Crippen molar-refractivity contribution in [2.24, 2.45) is 0 Å². The van der Waals surface area contributed by atoms with Gasteiger partial charge in [0.1, 0.15) is 0 Å². The molecule has 16 heavy (non-hydrogen) atoms. The van der Waals surface area contributed by atoms with Gasteiger partial charge in [-0.1, -0.05) is 12.1 Å². The van der Waals surface area contributed by atoms with Gasteiger partial charge in [0.2, 0.25) is 0 Å². The number of rotatable bonds is 2. The van der Waals surface area contributed by atoms with Crippen molar-refractivity contribution < 1.29 is 5.11 Å². The molecule has 0 heterocycles. The standard InChI is InChI=1S/C13H20N2O/c1-9-3-2-4-12(14)13(9)15-10-5-7-11(16)8-6-10/h2-4,10-11,15-16H,5-8,14H2,1H3/t10-,11-. The zero-order valence-corrected chi connectivity index (χ0v) is 9.74. The molecular formula is C13H20N2O. The molecule has 3 heteroatoms. The molecule has 1 aliphatic carbocycles. The van der Waals surface area contributed by atoms with Gasteiger partial charge in [-0.3, -0.25) is 0 Å². The summed E-state index contributed by atoms with van der Waals surface area (Å²) in [5, 5.41) is 13.0. The normalized spacial score (nSPS) is 25.4. The number of aliphatic hydroxyl groups excluding tert-OH is 1. The van der Waals surface area contributed by atoms with E-state index in [2.05, 4.69) is 18.3 Å². The molecule has 0 saturated heterocycles. The van der Waals surface area contributed by atoms with Crippen LogP contribution in [0.4, 0.5) is 11.4 Å². The highest BCUT2D eigenvalue weighted by Gasteiger charge is 2.19. The average molecular weight is 220 g/mol. The Kier molecular flexibility index (Phi) is 3.34. The quantitative estimate of drug-likeness (QED) is 0.670. The third kappa shape index (κ3) is 2.47. The second-order valence-electron chi connectivity index (χ2n) is 4.69. The lowest BCUT2D eigenvalue weighted by atomic mass is 9.92. The molecule has 1 aromatic carbocycles. The van der Waals surface area contributed by atoms with Gasteiger partial charge >= 0.3 is 0 Å². The second kappa shape index (κ2) is 4.74. The van der Waals surface area contributed by atoms with Gasteiger partial charge in [0, 0.05) is 6.04 Å². The molecule has 0 unspecified atom stereocenters. The van der Waals surface area contributed by atoms with Gasteiger partial charge in [-0.25, -0.2) is 0 Å². The fourth-order valence-electron chi connectivity index (χ4n) is 2.31. The van der Waals surface area contributed by atoms with Gasteiger partial charge in [-0.05, 0) is 44.2 Å². The maximum atomic E-state index is 9.45. The Hall–Kier alpha value is -1.22. The lowest BCUT2D eigenvalue weighted by Crippen LogP contribution is -2.28. The van der Waals surface area contributed by atoms with E-state index in [9.17, 15) is 5.11 Å². The number of anilines is 2. The molecule has 1 fully saturated rings. The molecule has 1 aliphatic rings. The number of nitrogens with one attached hydrogen (secondary N) is 1. The number of aliphatic hydroxyl groups is 1. The Balaban J connectivity index is 2.04. The molecule has 0 atom stereocenters. The van der Waals surface area contributed by atoms with E-state index in [0.29, 0.717) is 6.04 Å². The van der Waals surface area contributed by atoms with Gasteiger partial charge in [-0.15, -0.1) is 0 Å². The summed E-state index contributed by atoms with van der Waals surface area (Å²) in [6, 6.07) is 6.41. The number of benzene rings is 1. The third-order valence-corrected chi connectivity index (χ3v) is 3.35. The molecule has 0 aliphatic heterocycles. The Labute approximate surface area is 96.7 Å². The zero-order chi connectivity index (χ0) is 11.5. The lowest BCUT2D eigenvalue weighted by molar-refractivity contribution is 0.126. The van der Waals surface area contributed by atoms with Gasteiger partial charge < -0.3 is 16.2 Å². The largest absolute Gasteiger partial charge is 0.397 e. The smallest absolute Gasteiger partial charge is 0.0605 e. The zero-order valence-electron chi connectivity index (χ0n) is 9.74. The summed E-state index contributed by atoms with van der Waals surface area (Å²) in [6.45, 7) is 2.07. The van der Waals surface area contributed by atoms with Crippen LogP contribution in [0.5, 0.6) is 0 Å². The van der Waals surface area contributed by atoms with Crippen molar-refractivity contribution in [3.05, 3.63) is 23.8 Å². The van der Waals surface area contributed by atoms with Crippen molar-refractivity contribution in [1.82, 2.24) is 0 Å². The monoisotopic (exact) mass is 220 g/mol. The van der Waals surface area contributed by atoms with Crippen LogP contribution >= 0.6 is 0 Å². The van der Waals surface area contributed by atoms with Gasteiger partial charge in [0.15, 0.2) is 0 Å². The van der Waals surface area contributed by atoms with Crippen LogP contribution in [0.3, 0.4) is 0 Å². The van der Waals surface area contributed by atoms with E-state index in [1.807, 2.05) is 12.1 Å². The number of aryl methyl sites for hydroxylation is 1. The maximum Gasteiger partial charge on any atom is 0.0605 e. The van der Waals surface area contributed by atoms with Crippen molar-refractivity contribution in [2.45, 2.75) is 44.8 Å². The average Bonchev–Trinajstić information content (AvgIpc) is 2.26. The minimum absolute atomic E-state index is 0.104.